The molecule has 28 nitrogen and oxygen atoms in total. The van der Waals surface area contributed by atoms with Gasteiger partial charge in [-0.05, 0) is 92.8 Å². The Hall–Kier alpha value is -3.28. The van der Waals surface area contributed by atoms with E-state index >= 15 is 0 Å². The van der Waals surface area contributed by atoms with Crippen LogP contribution in [0.4, 0.5) is 0 Å². The second-order valence-corrected chi connectivity index (χ2v) is 27.8. The van der Waals surface area contributed by atoms with Crippen LogP contribution < -0.4 is 0 Å². The van der Waals surface area contributed by atoms with E-state index in [1.54, 1.807) is 26.8 Å². The van der Waals surface area contributed by atoms with Gasteiger partial charge in [-0.15, -0.1) is 0 Å². The number of aliphatic hydroxyl groups is 13. The van der Waals surface area contributed by atoms with Crippen molar-refractivity contribution in [2.45, 2.75) is 255 Å². The van der Waals surface area contributed by atoms with Gasteiger partial charge in [0.05, 0.1) is 36.3 Å². The van der Waals surface area contributed by atoms with E-state index in [-0.39, 0.29) is 25.4 Å². The lowest BCUT2D eigenvalue weighted by Gasteiger charge is -2.72. The molecule has 31 atom stereocenters. The number of aliphatic hydroxyl groups excluding tert-OH is 13. The van der Waals surface area contributed by atoms with E-state index in [1.807, 2.05) is 13.8 Å². The van der Waals surface area contributed by atoms with Gasteiger partial charge in [0, 0.05) is 24.3 Å². The zero-order valence-corrected chi connectivity index (χ0v) is 51.0. The number of hydrogen-bond donors (Lipinski definition) is 14. The maximum Gasteiger partial charge on any atom is 0.335 e. The molecule has 28 heteroatoms. The van der Waals surface area contributed by atoms with Crippen LogP contribution in [-0.2, 0) is 66.5 Å². The molecule has 0 bridgehead atoms. The minimum atomic E-state index is -2.32. The fourth-order valence-electron chi connectivity index (χ4n) is 17.2. The van der Waals surface area contributed by atoms with Gasteiger partial charge in [0.15, 0.2) is 37.6 Å². The predicted octanol–water partition coefficient (Wildman–Crippen LogP) is -2.30. The Kier molecular flexibility index (Phi) is 20.1. The number of carboxylic acid groups (broad SMARTS) is 1. The first-order chi connectivity index (χ1) is 41.1. The van der Waals surface area contributed by atoms with Gasteiger partial charge in [0.2, 0.25) is 0 Å². The summed E-state index contributed by atoms with van der Waals surface area (Å²) < 4.78 is 60.1. The summed E-state index contributed by atoms with van der Waals surface area (Å²) in [5.74, 6) is -4.25. The highest BCUT2D eigenvalue weighted by molar-refractivity contribution is 5.87. The van der Waals surface area contributed by atoms with Gasteiger partial charge >= 0.3 is 17.9 Å². The highest BCUT2D eigenvalue weighted by Gasteiger charge is 2.74. The second kappa shape index (κ2) is 25.6. The van der Waals surface area contributed by atoms with Crippen molar-refractivity contribution < 1.29 is 138 Å². The topological polar surface area (TPSA) is 444 Å². The average molecular weight is 1260 g/mol. The van der Waals surface area contributed by atoms with Crippen LogP contribution in [0.5, 0.6) is 0 Å². The molecule has 31 unspecified atom stereocenters. The minimum Gasteiger partial charge on any atom is -0.479 e. The van der Waals surface area contributed by atoms with Crippen LogP contribution in [-0.4, -0.2) is 257 Å². The van der Waals surface area contributed by atoms with Crippen LogP contribution in [0.25, 0.3) is 0 Å². The Bertz CT molecular complexity index is 2600. The van der Waals surface area contributed by atoms with Crippen molar-refractivity contribution in [2.75, 3.05) is 19.8 Å². The van der Waals surface area contributed by atoms with Crippen molar-refractivity contribution in [3.8, 4) is 0 Å². The molecular weight excluding hydrogens is 1170 g/mol. The lowest BCUT2D eigenvalue weighted by molar-refractivity contribution is -0.407. The number of carbonyl (C=O) groups is 4. The lowest BCUT2D eigenvalue weighted by Crippen LogP contribution is -2.72. The van der Waals surface area contributed by atoms with E-state index in [0.717, 1.165) is 11.9 Å². The van der Waals surface area contributed by atoms with Gasteiger partial charge in [-0.3, -0.25) is 4.79 Å². The number of esters is 2. The molecule has 0 spiro atoms. The summed E-state index contributed by atoms with van der Waals surface area (Å²) in [6.45, 7) is 14.3. The highest BCUT2D eigenvalue weighted by atomic mass is 16.8. The van der Waals surface area contributed by atoms with E-state index in [1.165, 1.54) is 6.92 Å². The first-order valence-corrected chi connectivity index (χ1v) is 30.5. The van der Waals surface area contributed by atoms with Gasteiger partial charge in [-0.2, -0.15) is 0 Å². The number of fused-ring (bicyclic) bond motifs is 7. The van der Waals surface area contributed by atoms with E-state index < -0.39 is 223 Å². The number of aldehydes is 1. The Morgan fingerprint density at radius 3 is 1.85 bits per heavy atom. The monoisotopic (exact) mass is 1260 g/mol. The Morgan fingerprint density at radius 2 is 1.28 bits per heavy atom. The molecule has 88 heavy (non-hydrogen) atoms. The number of carbonyl (C=O) groups excluding carboxylic acids is 3. The number of allylic oxidation sites excluding steroid dienone is 3. The smallest absolute Gasteiger partial charge is 0.335 e. The zero-order valence-electron chi connectivity index (χ0n) is 51.0. The maximum absolute atomic E-state index is 14.2. The van der Waals surface area contributed by atoms with Crippen LogP contribution in [0.3, 0.4) is 0 Å². The molecule has 5 aliphatic carbocycles. The number of rotatable bonds is 16. The van der Waals surface area contributed by atoms with E-state index in [9.17, 15) is 90.7 Å². The van der Waals surface area contributed by atoms with Crippen molar-refractivity contribution in [1.29, 1.82) is 0 Å². The molecule has 4 saturated carbocycles. The number of hydrogen-bond acceptors (Lipinski definition) is 27. The fraction of sp³-hybridized carbons (Fsp3) is 0.867. The maximum atomic E-state index is 14.2. The van der Waals surface area contributed by atoms with Crippen molar-refractivity contribution in [3.05, 3.63) is 23.3 Å². The van der Waals surface area contributed by atoms with Gasteiger partial charge in [0.1, 0.15) is 104 Å². The first-order valence-electron chi connectivity index (χ1n) is 30.5. The summed E-state index contributed by atoms with van der Waals surface area (Å²) in [6, 6.07) is 0. The Labute approximate surface area is 509 Å². The number of carboxylic acids is 1. The Balaban J connectivity index is 1.05. The SMILES string of the molecule is CC=C(C)C(=O)OC1C(O)C2(COC(C)=O)C(O)CC3(C)C(=CCC4C5(C)CCC(OC6OC(C(=O)O)C(O)C(OC7OC(O)C(O)CC7OC7OC(CO)C(O)C(O)C7O)C6OC6OC(CO)C(O)C(O)C6O)C(C)(C=O)C5CCC43C)C2CC1(C)C. The minimum absolute atomic E-state index is 0.0926. The molecule has 8 fully saturated rings. The summed E-state index contributed by atoms with van der Waals surface area (Å²) in [6.07, 6.45) is -35.9. The highest BCUT2D eigenvalue weighted by Crippen LogP contribution is 2.76. The molecular formula is C60H92O28. The molecule has 14 N–H and O–H groups in total. The molecule has 0 aromatic heterocycles. The standard InChI is InChI=1S/C60H92O28/c1-10-24(2)49(77)87-47-46(74)60(23-79-25(3)64)27(18-55(47,4)5)26-11-12-33-56(6)15-14-35(57(7,22-63)32(56)13-16-58(33,8)59(26,9)19-34(60)66)83-54-45(86-53-41(72)39(70)37(68)31(21-62)82-53)43(42(73)44(85-54)48(75)76)84-51-29(17-28(65)50(78)88-51)80-52-40(71)38(69)36(67)30(20-61)81-52/h10-11,22,27-47,50-54,61-62,65-74,78H,12-21,23H2,1-9H3,(H,75,76). The van der Waals surface area contributed by atoms with Crippen molar-refractivity contribution in [3.63, 3.8) is 0 Å². The normalized spacial score (nSPS) is 51.1. The van der Waals surface area contributed by atoms with Crippen LogP contribution in [0.2, 0.25) is 0 Å². The van der Waals surface area contributed by atoms with E-state index in [4.69, 9.17) is 47.4 Å². The molecule has 4 aliphatic heterocycles. The fourth-order valence-corrected chi connectivity index (χ4v) is 17.2. The number of aliphatic carboxylic acids is 1. The second-order valence-electron chi connectivity index (χ2n) is 27.8. The van der Waals surface area contributed by atoms with E-state index in [2.05, 4.69) is 26.8 Å². The van der Waals surface area contributed by atoms with Gasteiger partial charge in [-0.1, -0.05) is 59.3 Å². The largest absolute Gasteiger partial charge is 0.479 e. The van der Waals surface area contributed by atoms with Gasteiger partial charge in [0.25, 0.3) is 0 Å². The van der Waals surface area contributed by atoms with Crippen LogP contribution >= 0.6 is 0 Å². The Morgan fingerprint density at radius 1 is 0.682 bits per heavy atom. The zero-order chi connectivity index (χ0) is 64.9. The van der Waals surface area contributed by atoms with Gasteiger partial charge in [-0.25, -0.2) is 9.59 Å². The predicted molar refractivity (Wildman–Crippen MR) is 294 cm³/mol. The molecule has 9 aliphatic rings. The lowest BCUT2D eigenvalue weighted by atomic mass is 9.33. The third kappa shape index (κ3) is 11.4. The first kappa shape index (κ1) is 69.1. The summed E-state index contributed by atoms with van der Waals surface area (Å²) in [5.41, 5.74) is -4.52. The summed E-state index contributed by atoms with van der Waals surface area (Å²) in [4.78, 5) is 53.4. The molecule has 500 valence electrons. The van der Waals surface area contributed by atoms with E-state index in [0.29, 0.717) is 37.7 Å². The summed E-state index contributed by atoms with van der Waals surface area (Å²) in [7, 11) is 0. The van der Waals surface area contributed by atoms with Crippen molar-refractivity contribution in [1.82, 2.24) is 0 Å². The third-order valence-electron chi connectivity index (χ3n) is 22.6. The third-order valence-corrected chi connectivity index (χ3v) is 22.6. The molecule has 0 aromatic carbocycles. The average Bonchev–Trinajstić information content (AvgIpc) is 0.701. The quantitative estimate of drug-likeness (QED) is 0.0254. The van der Waals surface area contributed by atoms with Crippen molar-refractivity contribution in [2.24, 2.45) is 50.2 Å². The molecule has 0 radical (unpaired) electrons. The molecule has 4 heterocycles. The number of ether oxygens (including phenoxy) is 10. The van der Waals surface area contributed by atoms with Crippen LogP contribution in [0.1, 0.15) is 114 Å². The molecule has 0 amide bonds. The van der Waals surface area contributed by atoms with Crippen LogP contribution in [0, 0.1) is 50.2 Å². The van der Waals surface area contributed by atoms with Gasteiger partial charge < -0.3 is 124 Å². The van der Waals surface area contributed by atoms with Crippen LogP contribution in [0.15, 0.2) is 23.3 Å². The molecule has 0 aromatic rings. The molecule has 9 rings (SSSR count). The van der Waals surface area contributed by atoms with Crippen molar-refractivity contribution >= 4 is 24.2 Å². The summed E-state index contributed by atoms with van der Waals surface area (Å²) >= 11 is 0. The summed E-state index contributed by atoms with van der Waals surface area (Å²) in [5, 5.41) is 155. The molecule has 4 saturated heterocycles.